The van der Waals surface area contributed by atoms with E-state index >= 15 is 0 Å². The van der Waals surface area contributed by atoms with Crippen molar-refractivity contribution in [3.8, 4) is 0 Å². The molecule has 1 heterocycles. The highest BCUT2D eigenvalue weighted by Gasteiger charge is 1.81. The van der Waals surface area contributed by atoms with Gasteiger partial charge in [0, 0.05) is 4.88 Å². The van der Waals surface area contributed by atoms with E-state index in [2.05, 4.69) is 0 Å². The van der Waals surface area contributed by atoms with Crippen LogP contribution in [0.4, 0.5) is 0 Å². The molecule has 0 aliphatic carbocycles. The van der Waals surface area contributed by atoms with Crippen LogP contribution in [0.25, 0.3) is 6.08 Å². The van der Waals surface area contributed by atoms with Gasteiger partial charge in [-0.05, 0) is 17.5 Å². The minimum Gasteiger partial charge on any atom is -0.392 e. The molecular formula is C7H8OS. The molecule has 1 rings (SSSR count). The summed E-state index contributed by atoms with van der Waals surface area (Å²) in [6, 6.07) is 4.00. The third-order valence-corrected chi connectivity index (χ3v) is 1.77. The molecule has 0 amide bonds. The van der Waals surface area contributed by atoms with Crippen molar-refractivity contribution in [2.75, 3.05) is 6.61 Å². The molecule has 0 saturated heterocycles. The minimum absolute atomic E-state index is 0.123. The third-order valence-electron chi connectivity index (χ3n) is 0.931. The van der Waals surface area contributed by atoms with E-state index in [9.17, 15) is 0 Å². The van der Waals surface area contributed by atoms with Crippen LogP contribution in [0, 0.1) is 0 Å². The fourth-order valence-corrected chi connectivity index (χ4v) is 1.20. The Morgan fingerprint density at radius 3 is 3.11 bits per heavy atom. The zero-order chi connectivity index (χ0) is 6.53. The summed E-state index contributed by atoms with van der Waals surface area (Å²) in [5.41, 5.74) is 0. The Labute approximate surface area is 58.3 Å². The zero-order valence-corrected chi connectivity index (χ0v) is 5.77. The third kappa shape index (κ3) is 2.00. The summed E-state index contributed by atoms with van der Waals surface area (Å²) < 4.78 is 0. The lowest BCUT2D eigenvalue weighted by Gasteiger charge is -1.78. The van der Waals surface area contributed by atoms with Crippen LogP contribution in [-0.4, -0.2) is 11.7 Å². The highest BCUT2D eigenvalue weighted by molar-refractivity contribution is 7.10. The number of hydrogen-bond donors (Lipinski definition) is 1. The summed E-state index contributed by atoms with van der Waals surface area (Å²) in [4.78, 5) is 1.18. The number of aliphatic hydroxyl groups excluding tert-OH is 1. The molecular weight excluding hydrogens is 132 g/mol. The van der Waals surface area contributed by atoms with Crippen molar-refractivity contribution < 1.29 is 5.11 Å². The maximum Gasteiger partial charge on any atom is 0.0615 e. The first-order valence-corrected chi connectivity index (χ1v) is 3.62. The van der Waals surface area contributed by atoms with Crippen molar-refractivity contribution in [3.05, 3.63) is 28.5 Å². The molecule has 48 valence electrons. The molecule has 0 aliphatic rings. The molecule has 2 heteroatoms. The minimum atomic E-state index is 0.123. The van der Waals surface area contributed by atoms with Gasteiger partial charge >= 0.3 is 0 Å². The van der Waals surface area contributed by atoms with Gasteiger partial charge in [0.1, 0.15) is 0 Å². The van der Waals surface area contributed by atoms with Gasteiger partial charge in [-0.25, -0.2) is 0 Å². The van der Waals surface area contributed by atoms with Crippen molar-refractivity contribution in [2.45, 2.75) is 0 Å². The van der Waals surface area contributed by atoms with Crippen LogP contribution in [0.2, 0.25) is 0 Å². The SMILES string of the molecule is OCC=Cc1cccs1. The van der Waals surface area contributed by atoms with Crippen LogP contribution in [0.5, 0.6) is 0 Å². The summed E-state index contributed by atoms with van der Waals surface area (Å²) in [7, 11) is 0. The summed E-state index contributed by atoms with van der Waals surface area (Å²) in [6.07, 6.45) is 3.64. The summed E-state index contributed by atoms with van der Waals surface area (Å²) in [5, 5.41) is 10.4. The molecule has 0 bridgehead atoms. The number of rotatable bonds is 2. The molecule has 0 unspecified atom stereocenters. The lowest BCUT2D eigenvalue weighted by molar-refractivity contribution is 0.343. The van der Waals surface area contributed by atoms with Crippen molar-refractivity contribution in [3.63, 3.8) is 0 Å². The predicted octanol–water partition coefficient (Wildman–Crippen LogP) is 1.75. The largest absolute Gasteiger partial charge is 0.392 e. The maximum atomic E-state index is 8.38. The van der Waals surface area contributed by atoms with Crippen LogP contribution in [0.1, 0.15) is 4.88 Å². The van der Waals surface area contributed by atoms with Gasteiger partial charge in [-0.2, -0.15) is 0 Å². The monoisotopic (exact) mass is 140 g/mol. The molecule has 1 nitrogen and oxygen atoms in total. The van der Waals surface area contributed by atoms with E-state index in [-0.39, 0.29) is 6.61 Å². The second kappa shape index (κ2) is 3.43. The standard InChI is InChI=1S/C7H8OS/c8-5-1-3-7-4-2-6-9-7/h1-4,6,8H,5H2. The molecule has 1 N–H and O–H groups in total. The average Bonchev–Trinajstić information content (AvgIpc) is 2.34. The average molecular weight is 140 g/mol. The van der Waals surface area contributed by atoms with E-state index in [0.29, 0.717) is 0 Å². The van der Waals surface area contributed by atoms with Gasteiger partial charge in [0.25, 0.3) is 0 Å². The quantitative estimate of drug-likeness (QED) is 0.663. The highest BCUT2D eigenvalue weighted by atomic mass is 32.1. The van der Waals surface area contributed by atoms with Crippen molar-refractivity contribution >= 4 is 17.4 Å². The fraction of sp³-hybridized carbons (Fsp3) is 0.143. The van der Waals surface area contributed by atoms with Gasteiger partial charge in [0.05, 0.1) is 6.61 Å². The Bertz CT molecular complexity index is 177. The van der Waals surface area contributed by atoms with Crippen LogP contribution in [-0.2, 0) is 0 Å². The van der Waals surface area contributed by atoms with E-state index in [1.165, 1.54) is 4.88 Å². The van der Waals surface area contributed by atoms with E-state index in [1.54, 1.807) is 17.4 Å². The highest BCUT2D eigenvalue weighted by Crippen LogP contribution is 2.09. The van der Waals surface area contributed by atoms with Gasteiger partial charge in [0.15, 0.2) is 0 Å². The number of thiophene rings is 1. The second-order valence-electron chi connectivity index (χ2n) is 1.60. The van der Waals surface area contributed by atoms with Crippen LogP contribution in [0.15, 0.2) is 23.6 Å². The molecule has 0 aliphatic heterocycles. The van der Waals surface area contributed by atoms with E-state index in [0.717, 1.165) is 0 Å². The lowest BCUT2D eigenvalue weighted by Crippen LogP contribution is -1.68. The Balaban J connectivity index is 2.57. The predicted molar refractivity (Wildman–Crippen MR) is 40.4 cm³/mol. The maximum absolute atomic E-state index is 8.38. The second-order valence-corrected chi connectivity index (χ2v) is 2.58. The Morgan fingerprint density at radius 1 is 1.67 bits per heavy atom. The Hall–Kier alpha value is -0.600. The van der Waals surface area contributed by atoms with Gasteiger partial charge in [-0.15, -0.1) is 11.3 Å². The molecule has 0 radical (unpaired) electrons. The summed E-state index contributed by atoms with van der Waals surface area (Å²) in [6.45, 7) is 0.123. The van der Waals surface area contributed by atoms with Gasteiger partial charge in [-0.3, -0.25) is 0 Å². The van der Waals surface area contributed by atoms with Crippen molar-refractivity contribution in [1.82, 2.24) is 0 Å². The zero-order valence-electron chi connectivity index (χ0n) is 4.95. The van der Waals surface area contributed by atoms with Crippen LogP contribution < -0.4 is 0 Å². The summed E-state index contributed by atoms with van der Waals surface area (Å²) >= 11 is 1.66. The van der Waals surface area contributed by atoms with Crippen molar-refractivity contribution in [1.29, 1.82) is 0 Å². The van der Waals surface area contributed by atoms with E-state index in [4.69, 9.17) is 5.11 Å². The molecule has 0 atom stereocenters. The van der Waals surface area contributed by atoms with Crippen molar-refractivity contribution in [2.24, 2.45) is 0 Å². The number of aliphatic hydroxyl groups is 1. The first kappa shape index (κ1) is 6.52. The molecule has 1 aromatic heterocycles. The first-order chi connectivity index (χ1) is 4.43. The van der Waals surface area contributed by atoms with Gasteiger partial charge in [-0.1, -0.05) is 12.1 Å². The Morgan fingerprint density at radius 2 is 2.56 bits per heavy atom. The molecule has 0 saturated carbocycles. The number of hydrogen-bond acceptors (Lipinski definition) is 2. The van der Waals surface area contributed by atoms with Gasteiger partial charge in [0.2, 0.25) is 0 Å². The molecule has 9 heavy (non-hydrogen) atoms. The van der Waals surface area contributed by atoms with Gasteiger partial charge < -0.3 is 5.11 Å². The normalized spacial score (nSPS) is 10.8. The molecule has 1 aromatic rings. The molecule has 0 fully saturated rings. The topological polar surface area (TPSA) is 20.2 Å². The molecule has 0 spiro atoms. The Kier molecular flexibility index (Phi) is 2.48. The molecule has 0 aromatic carbocycles. The lowest BCUT2D eigenvalue weighted by atomic mass is 10.4. The van der Waals surface area contributed by atoms with Crippen LogP contribution in [0.3, 0.4) is 0 Å². The fourth-order valence-electron chi connectivity index (χ4n) is 0.555. The smallest absolute Gasteiger partial charge is 0.0615 e. The summed E-state index contributed by atoms with van der Waals surface area (Å²) in [5.74, 6) is 0. The first-order valence-electron chi connectivity index (χ1n) is 2.74. The van der Waals surface area contributed by atoms with E-state index < -0.39 is 0 Å². The van der Waals surface area contributed by atoms with E-state index in [1.807, 2.05) is 23.6 Å². The van der Waals surface area contributed by atoms with Crippen LogP contribution >= 0.6 is 11.3 Å².